The molecule has 1 aliphatic heterocycles. The first-order valence-electron chi connectivity index (χ1n) is 24.0. The smallest absolute Gasteiger partial charge is 0.328 e. The second-order valence-electron chi connectivity index (χ2n) is 18.4. The quantitative estimate of drug-likeness (QED) is 0.0312. The number of benzene rings is 1. The molecular weight excluding hydrogens is 1010 g/mol. The van der Waals surface area contributed by atoms with Gasteiger partial charge in [-0.15, -0.1) is 0 Å². The number of primary amides is 1. The Hall–Kier alpha value is -7.99. The summed E-state index contributed by atoms with van der Waals surface area (Å²) in [6, 6.07) is -10.0. The molecule has 30 nitrogen and oxygen atoms in total. The predicted octanol–water partition coefficient (Wildman–Crippen LogP) is -5.38. The molecule has 0 unspecified atom stereocenters. The molecule has 0 saturated carbocycles. The molecule has 0 aromatic heterocycles. The summed E-state index contributed by atoms with van der Waals surface area (Å²) in [5.41, 5.74) is 11.2. The summed E-state index contributed by atoms with van der Waals surface area (Å²) in [5.74, 6) is -16.3. The van der Waals surface area contributed by atoms with Gasteiger partial charge in [0, 0.05) is 32.2 Å². The number of phenols is 1. The van der Waals surface area contributed by atoms with E-state index in [-0.39, 0.29) is 49.5 Å². The lowest BCUT2D eigenvalue weighted by Crippen LogP contribution is -2.61. The first-order chi connectivity index (χ1) is 35.5. The minimum atomic E-state index is -1.97. The Labute approximate surface area is 434 Å². The Balaban J connectivity index is 2.45. The minimum Gasteiger partial charge on any atom is -0.508 e. The number of aliphatic carboxylic acids is 4. The second kappa shape index (κ2) is 31.0. The van der Waals surface area contributed by atoms with Gasteiger partial charge in [-0.25, -0.2) is 4.79 Å². The Morgan fingerprint density at radius 2 is 1.11 bits per heavy atom. The van der Waals surface area contributed by atoms with E-state index in [1.165, 1.54) is 24.3 Å². The van der Waals surface area contributed by atoms with Gasteiger partial charge in [-0.2, -0.15) is 0 Å². The number of carbonyl (C=O) groups excluding carboxylic acids is 9. The van der Waals surface area contributed by atoms with Crippen LogP contribution in [0.3, 0.4) is 0 Å². The van der Waals surface area contributed by atoms with Crippen molar-refractivity contribution in [3.63, 3.8) is 0 Å². The van der Waals surface area contributed by atoms with Crippen LogP contribution in [-0.4, -0.2) is 191 Å². The lowest BCUT2D eigenvalue weighted by molar-refractivity contribution is -0.147. The molecule has 422 valence electrons. The van der Waals surface area contributed by atoms with E-state index >= 15 is 0 Å². The molecule has 1 saturated heterocycles. The maximum absolute atomic E-state index is 14.2. The molecule has 1 fully saturated rings. The van der Waals surface area contributed by atoms with E-state index in [1.54, 1.807) is 13.8 Å². The zero-order valence-electron chi connectivity index (χ0n) is 41.9. The SMILES string of the molecule is CC(C)C[C@H](NC(=O)[C@@H]1CCCN1C(=O)[C@H](CC(=O)O)NC(=O)[C@H](CCC(=O)O)NC(=O)[C@H](Cc1ccc(O)cc1)NC(=O)[C@H](CO)NC(=O)[C@H](CCC(N)=O)NC(=O)[C@@H](N)CCC(=O)O)C(=O)N[C@H](C(=O)O)[C@@H](C)O. The molecule has 1 aromatic carbocycles. The van der Waals surface area contributed by atoms with Gasteiger partial charge in [0.1, 0.15) is 48.0 Å². The van der Waals surface area contributed by atoms with Crippen LogP contribution in [0.4, 0.5) is 0 Å². The van der Waals surface area contributed by atoms with Gasteiger partial charge in [0.05, 0.1) is 25.2 Å². The third-order valence-electron chi connectivity index (χ3n) is 11.6. The number of hydrogen-bond donors (Lipinski definition) is 16. The van der Waals surface area contributed by atoms with Crippen LogP contribution in [0.5, 0.6) is 5.75 Å². The summed E-state index contributed by atoms with van der Waals surface area (Å²) in [5, 5.41) is 83.6. The fourth-order valence-corrected chi connectivity index (χ4v) is 7.63. The number of carboxylic acid groups (broad SMARTS) is 4. The normalized spacial score (nSPS) is 16.6. The number of aliphatic hydroxyl groups is 2. The highest BCUT2D eigenvalue weighted by molar-refractivity contribution is 5.99. The summed E-state index contributed by atoms with van der Waals surface area (Å²) in [6.07, 6.45) is -6.31. The van der Waals surface area contributed by atoms with Crippen molar-refractivity contribution in [2.45, 2.75) is 152 Å². The molecule has 30 heteroatoms. The van der Waals surface area contributed by atoms with E-state index in [0.717, 1.165) is 11.8 Å². The topological polar surface area (TPSA) is 503 Å². The molecule has 10 atom stereocenters. The maximum Gasteiger partial charge on any atom is 0.328 e. The fraction of sp³-hybridized carbons (Fsp3) is 0.587. The molecule has 1 aromatic rings. The Bertz CT molecular complexity index is 2280. The van der Waals surface area contributed by atoms with Crippen LogP contribution in [0.15, 0.2) is 24.3 Å². The first kappa shape index (κ1) is 64.1. The third kappa shape index (κ3) is 21.8. The van der Waals surface area contributed by atoms with E-state index in [1.807, 2.05) is 0 Å². The lowest BCUT2D eigenvalue weighted by atomic mass is 10.0. The fourth-order valence-electron chi connectivity index (χ4n) is 7.63. The summed E-state index contributed by atoms with van der Waals surface area (Å²) in [6.45, 7) is 3.19. The average molecular weight is 1080 g/mol. The molecule has 0 radical (unpaired) electrons. The van der Waals surface area contributed by atoms with Crippen LogP contribution in [0, 0.1) is 5.92 Å². The first-order valence-corrected chi connectivity index (χ1v) is 24.0. The van der Waals surface area contributed by atoms with Gasteiger partial charge < -0.3 is 89.3 Å². The van der Waals surface area contributed by atoms with Crippen molar-refractivity contribution in [1.82, 2.24) is 42.1 Å². The van der Waals surface area contributed by atoms with Crippen LogP contribution in [0.1, 0.15) is 90.5 Å². The van der Waals surface area contributed by atoms with Crippen molar-refractivity contribution in [1.29, 1.82) is 0 Å². The van der Waals surface area contributed by atoms with E-state index < -0.39 is 189 Å². The molecule has 0 aliphatic carbocycles. The number of carboxylic acids is 4. The van der Waals surface area contributed by atoms with Crippen LogP contribution in [0.2, 0.25) is 0 Å². The van der Waals surface area contributed by atoms with Crippen molar-refractivity contribution in [2.24, 2.45) is 17.4 Å². The number of hydrogen-bond acceptors (Lipinski definition) is 17. The molecule has 1 aliphatic rings. The molecule has 0 bridgehead atoms. The molecular formula is C46H68N10O20. The van der Waals surface area contributed by atoms with Crippen molar-refractivity contribution in [2.75, 3.05) is 13.2 Å². The van der Waals surface area contributed by atoms with Crippen molar-refractivity contribution >= 4 is 77.0 Å². The largest absolute Gasteiger partial charge is 0.508 e. The maximum atomic E-state index is 14.2. The number of rotatable bonds is 33. The van der Waals surface area contributed by atoms with E-state index in [9.17, 15) is 93.0 Å². The number of nitrogens with one attached hydrogen (secondary N) is 7. The number of carbonyl (C=O) groups is 13. The minimum absolute atomic E-state index is 0.0175. The highest BCUT2D eigenvalue weighted by Gasteiger charge is 2.41. The van der Waals surface area contributed by atoms with Gasteiger partial charge in [-0.3, -0.25) is 57.5 Å². The Kier molecular flexibility index (Phi) is 26.2. The molecule has 9 amide bonds. The van der Waals surface area contributed by atoms with Crippen LogP contribution >= 0.6 is 0 Å². The van der Waals surface area contributed by atoms with Crippen molar-refractivity contribution in [3.8, 4) is 5.75 Å². The monoisotopic (exact) mass is 1080 g/mol. The van der Waals surface area contributed by atoms with Crippen LogP contribution in [0.25, 0.3) is 0 Å². The number of phenolic OH excluding ortho intramolecular Hbond substituents is 1. The molecule has 0 spiro atoms. The van der Waals surface area contributed by atoms with E-state index in [4.69, 9.17) is 16.6 Å². The van der Waals surface area contributed by atoms with E-state index in [0.29, 0.717) is 0 Å². The van der Waals surface area contributed by atoms with Crippen molar-refractivity contribution in [3.05, 3.63) is 29.8 Å². The van der Waals surface area contributed by atoms with Crippen LogP contribution < -0.4 is 48.7 Å². The zero-order chi connectivity index (χ0) is 57.6. The van der Waals surface area contributed by atoms with E-state index in [2.05, 4.69) is 37.2 Å². The Morgan fingerprint density at radius 1 is 0.618 bits per heavy atom. The van der Waals surface area contributed by atoms with Gasteiger partial charge in [0.15, 0.2) is 6.04 Å². The summed E-state index contributed by atoms with van der Waals surface area (Å²) in [7, 11) is 0. The van der Waals surface area contributed by atoms with Gasteiger partial charge in [-0.05, 0) is 69.1 Å². The number of amides is 9. The summed E-state index contributed by atoms with van der Waals surface area (Å²) >= 11 is 0. The van der Waals surface area contributed by atoms with Gasteiger partial charge in [0.2, 0.25) is 53.2 Å². The standard InChI is InChI=1S/C46H68N10O20/c1-21(2)17-28(42(71)55-37(22(3)58)46(75)76)52-44(73)32-5-4-16-56(32)45(74)30(19-36(65)66)53-39(68)27(12-15-35(63)64)50-41(70)29(18-23-6-8-24(59)9-7-23)51-43(72)31(20-57)54-40(69)26(11-13-33(48)60)49-38(67)25(47)10-14-34(61)62/h6-9,21-22,25-32,37,57-59H,4-5,10-20,47H2,1-3H3,(H2,48,60)(H,49,67)(H,50,70)(H,51,72)(H,52,73)(H,53,68)(H,54,69)(H,55,71)(H,61,62)(H,63,64)(H,65,66)(H,75,76)/t22-,25+,26+,27+,28+,29+,30+,31+,32+,37+/m1/s1. The van der Waals surface area contributed by atoms with Gasteiger partial charge in [0.25, 0.3) is 0 Å². The highest BCUT2D eigenvalue weighted by Crippen LogP contribution is 2.21. The number of nitrogens with two attached hydrogens (primary N) is 2. The second-order valence-corrected chi connectivity index (χ2v) is 18.4. The number of nitrogens with zero attached hydrogens (tertiary/aromatic N) is 1. The lowest BCUT2D eigenvalue weighted by Gasteiger charge is -2.31. The zero-order valence-corrected chi connectivity index (χ0v) is 41.9. The molecule has 1 heterocycles. The molecule has 18 N–H and O–H groups in total. The van der Waals surface area contributed by atoms with Gasteiger partial charge >= 0.3 is 23.9 Å². The average Bonchev–Trinajstić information content (AvgIpc) is 3.83. The third-order valence-corrected chi connectivity index (χ3v) is 11.6. The molecule has 76 heavy (non-hydrogen) atoms. The molecule has 2 rings (SSSR count). The van der Waals surface area contributed by atoms with Crippen LogP contribution in [-0.2, 0) is 68.7 Å². The number of likely N-dealkylation sites (tertiary alicyclic amines) is 1. The van der Waals surface area contributed by atoms with Crippen molar-refractivity contribution < 1.29 is 98.1 Å². The number of aromatic hydroxyl groups is 1. The van der Waals surface area contributed by atoms with Gasteiger partial charge in [-0.1, -0.05) is 26.0 Å². The Morgan fingerprint density at radius 3 is 1.62 bits per heavy atom. The summed E-state index contributed by atoms with van der Waals surface area (Å²) in [4.78, 5) is 168. The highest BCUT2D eigenvalue weighted by atomic mass is 16.4. The predicted molar refractivity (Wildman–Crippen MR) is 258 cm³/mol. The number of aliphatic hydroxyl groups excluding tert-OH is 2. The summed E-state index contributed by atoms with van der Waals surface area (Å²) < 4.78 is 0.